The second-order valence-electron chi connectivity index (χ2n) is 13.4. The summed E-state index contributed by atoms with van der Waals surface area (Å²) in [4.78, 5) is 12.6. The lowest BCUT2D eigenvalue weighted by atomic mass is 9.97. The Morgan fingerprint density at radius 2 is 1.22 bits per heavy atom. The number of para-hydroxylation sites is 3. The number of benzene rings is 7. The third kappa shape index (κ3) is 3.67. The Morgan fingerprint density at radius 1 is 0.510 bits per heavy atom. The topological polar surface area (TPSA) is 34.0 Å². The zero-order valence-corrected chi connectivity index (χ0v) is 29.0. The molecule has 0 aliphatic carbocycles. The SMILES string of the molecule is Cc1nc(-c2ccc(N3c4ccccc4-n4c5ccccc5c5c6ccc7sc8ccccc8c7c6cc3c54)cc2)nc2c1sc1ccccc12. The van der Waals surface area contributed by atoms with Gasteiger partial charge >= 0.3 is 0 Å². The van der Waals surface area contributed by atoms with Gasteiger partial charge in [-0.05, 0) is 84.4 Å². The fourth-order valence-electron chi connectivity index (χ4n) is 8.46. The minimum absolute atomic E-state index is 0.758. The largest absolute Gasteiger partial charge is 0.306 e. The molecule has 0 unspecified atom stereocenters. The number of aromatic nitrogens is 3. The van der Waals surface area contributed by atoms with Crippen molar-refractivity contribution in [3.63, 3.8) is 0 Å². The summed E-state index contributed by atoms with van der Waals surface area (Å²) >= 11 is 3.65. The molecule has 0 amide bonds. The molecule has 0 N–H and O–H groups in total. The predicted molar refractivity (Wildman–Crippen MR) is 218 cm³/mol. The molecule has 238 valence electrons. The molecule has 0 saturated heterocycles. The Hall–Kier alpha value is -6.08. The average Bonchev–Trinajstić information content (AvgIpc) is 3.86. The summed E-state index contributed by atoms with van der Waals surface area (Å²) in [6.45, 7) is 2.10. The molecule has 1 aliphatic heterocycles. The van der Waals surface area contributed by atoms with Crippen LogP contribution in [0.15, 0.2) is 140 Å². The highest BCUT2D eigenvalue weighted by molar-refractivity contribution is 7.26. The van der Waals surface area contributed by atoms with E-state index in [4.69, 9.17) is 9.97 Å². The molecular weight excluding hydrogens is 661 g/mol. The van der Waals surface area contributed by atoms with Crippen molar-refractivity contribution in [3.05, 3.63) is 145 Å². The minimum Gasteiger partial charge on any atom is -0.306 e. The summed E-state index contributed by atoms with van der Waals surface area (Å²) in [6, 6.07) is 51.0. The number of hydrogen-bond acceptors (Lipinski definition) is 5. The van der Waals surface area contributed by atoms with Crippen LogP contribution in [0, 0.1) is 6.92 Å². The van der Waals surface area contributed by atoms with Gasteiger partial charge < -0.3 is 9.47 Å². The van der Waals surface area contributed by atoms with E-state index in [0.29, 0.717) is 0 Å². The van der Waals surface area contributed by atoms with Crippen LogP contribution in [-0.2, 0) is 0 Å². The molecule has 51 heavy (non-hydrogen) atoms. The number of anilines is 3. The van der Waals surface area contributed by atoms with Crippen molar-refractivity contribution < 1.29 is 0 Å². The first-order chi connectivity index (χ1) is 25.2. The highest BCUT2D eigenvalue weighted by atomic mass is 32.1. The zero-order valence-electron chi connectivity index (χ0n) is 27.4. The maximum absolute atomic E-state index is 5.12. The van der Waals surface area contributed by atoms with Crippen LogP contribution in [0.3, 0.4) is 0 Å². The molecule has 1 aliphatic rings. The lowest BCUT2D eigenvalue weighted by Crippen LogP contribution is -2.18. The van der Waals surface area contributed by atoms with E-state index >= 15 is 0 Å². The fourth-order valence-corrected chi connectivity index (χ4v) is 10.7. The number of rotatable bonds is 2. The normalized spacial score (nSPS) is 12.8. The van der Waals surface area contributed by atoms with Gasteiger partial charge in [-0.25, -0.2) is 9.97 Å². The van der Waals surface area contributed by atoms with E-state index in [2.05, 4.69) is 156 Å². The summed E-state index contributed by atoms with van der Waals surface area (Å²) < 4.78 is 7.52. The maximum atomic E-state index is 5.12. The van der Waals surface area contributed by atoms with Crippen molar-refractivity contribution in [2.24, 2.45) is 0 Å². The molecule has 0 spiro atoms. The molecule has 5 heterocycles. The number of hydrogen-bond donors (Lipinski definition) is 0. The van der Waals surface area contributed by atoms with Crippen molar-refractivity contribution in [3.8, 4) is 17.1 Å². The molecule has 12 rings (SSSR count). The molecule has 0 radical (unpaired) electrons. The van der Waals surface area contributed by atoms with Crippen LogP contribution in [0.4, 0.5) is 17.1 Å². The van der Waals surface area contributed by atoms with Crippen LogP contribution in [0.25, 0.3) is 90.1 Å². The first-order valence-electron chi connectivity index (χ1n) is 17.2. The molecule has 0 saturated carbocycles. The van der Waals surface area contributed by atoms with E-state index in [0.717, 1.165) is 38.7 Å². The van der Waals surface area contributed by atoms with Gasteiger partial charge in [-0.15, -0.1) is 22.7 Å². The summed E-state index contributed by atoms with van der Waals surface area (Å²) in [7, 11) is 0. The second-order valence-corrected chi connectivity index (χ2v) is 15.5. The Morgan fingerprint density at radius 3 is 2.06 bits per heavy atom. The van der Waals surface area contributed by atoms with Gasteiger partial charge in [-0.1, -0.05) is 72.8 Å². The molecule has 4 nitrogen and oxygen atoms in total. The van der Waals surface area contributed by atoms with Crippen molar-refractivity contribution >= 4 is 113 Å². The van der Waals surface area contributed by atoms with E-state index < -0.39 is 0 Å². The van der Waals surface area contributed by atoms with Crippen LogP contribution < -0.4 is 4.90 Å². The number of fused-ring (bicyclic) bond motifs is 14. The fraction of sp³-hybridized carbons (Fsp3) is 0.0222. The van der Waals surface area contributed by atoms with Crippen LogP contribution in [0.2, 0.25) is 0 Å². The Balaban J connectivity index is 1.13. The summed E-state index contributed by atoms with van der Waals surface area (Å²) in [5.41, 5.74) is 10.1. The molecule has 11 aromatic rings. The molecule has 0 atom stereocenters. The summed E-state index contributed by atoms with van der Waals surface area (Å²) in [6.07, 6.45) is 0. The van der Waals surface area contributed by atoms with E-state index in [-0.39, 0.29) is 0 Å². The van der Waals surface area contributed by atoms with Gasteiger partial charge in [0.05, 0.1) is 44.0 Å². The van der Waals surface area contributed by atoms with Crippen molar-refractivity contribution in [1.82, 2.24) is 14.5 Å². The van der Waals surface area contributed by atoms with E-state index in [1.807, 2.05) is 11.3 Å². The van der Waals surface area contributed by atoms with Crippen LogP contribution in [0.5, 0.6) is 0 Å². The average molecular weight is 687 g/mol. The standard InChI is InChI=1S/C45H26N4S2/c1-25-44-42(31-12-4-9-17-38(31)51-44)47-45(46-25)26-18-20-27(21-19-26)48-34-14-6-7-15-35(34)49-33-13-5-2-10-29(33)41-28-22-23-39-40(32(28)24-36(48)43(41)49)30-11-3-8-16-37(30)50-39/h2-24H,1H3. The summed E-state index contributed by atoms with van der Waals surface area (Å²) in [5, 5.41) is 8.99. The van der Waals surface area contributed by atoms with E-state index in [9.17, 15) is 0 Å². The lowest BCUT2D eigenvalue weighted by molar-refractivity contribution is 1.11. The lowest BCUT2D eigenvalue weighted by Gasteiger charge is -2.33. The smallest absolute Gasteiger partial charge is 0.160 e. The van der Waals surface area contributed by atoms with E-state index in [1.54, 1.807) is 11.3 Å². The molecule has 6 heteroatoms. The Kier molecular flexibility index (Phi) is 5.44. The van der Waals surface area contributed by atoms with Gasteiger partial charge in [0.2, 0.25) is 0 Å². The van der Waals surface area contributed by atoms with Gasteiger partial charge in [0, 0.05) is 52.3 Å². The molecule has 7 aromatic carbocycles. The van der Waals surface area contributed by atoms with E-state index in [1.165, 1.54) is 74.2 Å². The molecular formula is C45H26N4S2. The first kappa shape index (κ1) is 27.7. The second kappa shape index (κ2) is 10.0. The van der Waals surface area contributed by atoms with Crippen molar-refractivity contribution in [1.29, 1.82) is 0 Å². The third-order valence-electron chi connectivity index (χ3n) is 10.6. The van der Waals surface area contributed by atoms with Crippen LogP contribution >= 0.6 is 22.7 Å². The van der Waals surface area contributed by atoms with Gasteiger partial charge in [0.25, 0.3) is 0 Å². The number of nitrogens with zero attached hydrogens (tertiary/aromatic N) is 4. The Bertz CT molecular complexity index is 3270. The van der Waals surface area contributed by atoms with Crippen molar-refractivity contribution in [2.75, 3.05) is 4.90 Å². The molecule has 0 fully saturated rings. The van der Waals surface area contributed by atoms with Crippen LogP contribution in [0.1, 0.15) is 5.69 Å². The zero-order chi connectivity index (χ0) is 33.4. The molecule has 0 bridgehead atoms. The summed E-state index contributed by atoms with van der Waals surface area (Å²) in [5.74, 6) is 0.758. The quantitative estimate of drug-likeness (QED) is 0.181. The van der Waals surface area contributed by atoms with Gasteiger partial charge in [-0.2, -0.15) is 0 Å². The third-order valence-corrected chi connectivity index (χ3v) is 13.0. The van der Waals surface area contributed by atoms with Crippen LogP contribution in [-0.4, -0.2) is 14.5 Å². The number of thiophene rings is 2. The predicted octanol–water partition coefficient (Wildman–Crippen LogP) is 13.2. The Labute approximate surface area is 300 Å². The maximum Gasteiger partial charge on any atom is 0.160 e. The van der Waals surface area contributed by atoms with Gasteiger partial charge in [0.1, 0.15) is 0 Å². The van der Waals surface area contributed by atoms with Gasteiger partial charge in [0.15, 0.2) is 5.82 Å². The molecule has 4 aromatic heterocycles. The number of aryl methyl sites for hydroxylation is 1. The monoisotopic (exact) mass is 686 g/mol. The van der Waals surface area contributed by atoms with Crippen molar-refractivity contribution in [2.45, 2.75) is 6.92 Å². The van der Waals surface area contributed by atoms with Gasteiger partial charge in [-0.3, -0.25) is 0 Å². The first-order valence-corrected chi connectivity index (χ1v) is 18.8. The highest BCUT2D eigenvalue weighted by Gasteiger charge is 2.30. The highest BCUT2D eigenvalue weighted by Crippen LogP contribution is 2.53. The minimum atomic E-state index is 0.758.